The maximum atomic E-state index is 12.4. The molecule has 0 aromatic heterocycles. The van der Waals surface area contributed by atoms with Gasteiger partial charge in [-0.1, -0.05) is 236 Å². The van der Waals surface area contributed by atoms with Crippen molar-refractivity contribution in [3.05, 3.63) is 48.6 Å². The molecule has 0 spiro atoms. The van der Waals surface area contributed by atoms with Crippen LogP contribution in [0.3, 0.4) is 0 Å². The average Bonchev–Trinajstić information content (AvgIpc) is 3.20. The van der Waals surface area contributed by atoms with E-state index in [1.54, 1.807) is 6.08 Å². The van der Waals surface area contributed by atoms with E-state index in [1.807, 2.05) is 6.08 Å². The minimum atomic E-state index is -0.860. The van der Waals surface area contributed by atoms with E-state index in [1.165, 1.54) is 199 Å². The van der Waals surface area contributed by atoms with Gasteiger partial charge in [0, 0.05) is 6.42 Å². The first kappa shape index (κ1) is 54.3. The molecule has 0 bridgehead atoms. The van der Waals surface area contributed by atoms with Gasteiger partial charge in [-0.25, -0.2) is 0 Å². The van der Waals surface area contributed by atoms with Gasteiger partial charge in [0.1, 0.15) is 0 Å². The Labute approximate surface area is 350 Å². The predicted octanol–water partition coefficient (Wildman–Crippen LogP) is 15.9. The lowest BCUT2D eigenvalue weighted by molar-refractivity contribution is -0.123. The molecule has 3 N–H and O–H groups in total. The van der Waals surface area contributed by atoms with E-state index in [-0.39, 0.29) is 12.5 Å². The largest absolute Gasteiger partial charge is 0.394 e. The molecule has 1 amide bonds. The minimum absolute atomic E-state index is 0.0725. The van der Waals surface area contributed by atoms with E-state index in [2.05, 4.69) is 55.6 Å². The monoisotopic (exact) mass is 784 g/mol. The van der Waals surface area contributed by atoms with Gasteiger partial charge in [0.15, 0.2) is 0 Å². The molecule has 0 radical (unpaired) electrons. The van der Waals surface area contributed by atoms with Crippen LogP contribution in [0, 0.1) is 0 Å². The molecule has 328 valence electrons. The molecule has 0 aliphatic heterocycles. The number of carbonyl (C=O) groups excluding carboxylic acids is 1. The second-order valence-electron chi connectivity index (χ2n) is 16.9. The summed E-state index contributed by atoms with van der Waals surface area (Å²) in [4.78, 5) is 12.4. The van der Waals surface area contributed by atoms with Crippen LogP contribution in [0.4, 0.5) is 0 Å². The standard InChI is InChI=1S/C52H97NO3/c1-3-5-7-9-11-13-15-17-18-19-20-21-22-23-24-25-26-27-28-29-30-31-32-33-34-36-38-40-42-44-46-48-52(56)53-50(49-54)51(55)47-45-43-41-39-37-35-16-14-12-10-8-6-4-2/h15,17,19-20,37,39,45,47,50-51,54-55H,3-14,16,18,21-36,38,40-44,46,48-49H2,1-2H3,(H,53,56)/b17-15-,20-19-,39-37+,47-45+. The van der Waals surface area contributed by atoms with Gasteiger partial charge in [-0.2, -0.15) is 0 Å². The van der Waals surface area contributed by atoms with Crippen LogP contribution in [0.2, 0.25) is 0 Å². The lowest BCUT2D eigenvalue weighted by Gasteiger charge is -2.19. The normalized spacial score (nSPS) is 13.3. The molecule has 0 aromatic carbocycles. The number of aliphatic hydroxyl groups excluding tert-OH is 2. The van der Waals surface area contributed by atoms with E-state index < -0.39 is 12.1 Å². The van der Waals surface area contributed by atoms with Crippen molar-refractivity contribution in [2.24, 2.45) is 0 Å². The number of rotatable bonds is 45. The summed E-state index contributed by atoms with van der Waals surface area (Å²) in [5.74, 6) is -0.0725. The quantitative estimate of drug-likeness (QED) is 0.0425. The van der Waals surface area contributed by atoms with Crippen LogP contribution in [0.15, 0.2) is 48.6 Å². The van der Waals surface area contributed by atoms with Gasteiger partial charge in [0.05, 0.1) is 18.8 Å². The smallest absolute Gasteiger partial charge is 0.220 e. The summed E-state index contributed by atoms with van der Waals surface area (Å²) in [6.07, 6.45) is 65.4. The number of aliphatic hydroxyl groups is 2. The topological polar surface area (TPSA) is 69.6 Å². The van der Waals surface area contributed by atoms with E-state index >= 15 is 0 Å². The van der Waals surface area contributed by atoms with Crippen LogP contribution in [-0.4, -0.2) is 34.9 Å². The third-order valence-corrected chi connectivity index (χ3v) is 11.3. The Morgan fingerprint density at radius 3 is 1.14 bits per heavy atom. The summed E-state index contributed by atoms with van der Waals surface area (Å²) in [6.45, 7) is 4.28. The fraction of sp³-hybridized carbons (Fsp3) is 0.827. The first-order valence-corrected chi connectivity index (χ1v) is 24.9. The van der Waals surface area contributed by atoms with E-state index in [9.17, 15) is 15.0 Å². The van der Waals surface area contributed by atoms with Gasteiger partial charge in [-0.05, 0) is 64.2 Å². The molecule has 4 nitrogen and oxygen atoms in total. The molecule has 0 fully saturated rings. The van der Waals surface area contributed by atoms with Crippen molar-refractivity contribution in [1.29, 1.82) is 0 Å². The van der Waals surface area contributed by atoms with Crippen molar-refractivity contribution in [3.63, 3.8) is 0 Å². The Hall–Kier alpha value is -1.65. The average molecular weight is 784 g/mol. The lowest BCUT2D eigenvalue weighted by Crippen LogP contribution is -2.45. The molecule has 0 heterocycles. The molecule has 0 saturated heterocycles. The van der Waals surface area contributed by atoms with Crippen LogP contribution < -0.4 is 5.32 Å². The Bertz CT molecular complexity index is 893. The number of carbonyl (C=O) groups is 1. The van der Waals surface area contributed by atoms with Crippen LogP contribution in [0.5, 0.6) is 0 Å². The zero-order valence-corrected chi connectivity index (χ0v) is 37.7. The van der Waals surface area contributed by atoms with Gasteiger partial charge >= 0.3 is 0 Å². The van der Waals surface area contributed by atoms with Gasteiger partial charge in [-0.15, -0.1) is 0 Å². The first-order chi connectivity index (χ1) is 27.7. The summed E-state index contributed by atoms with van der Waals surface area (Å²) in [5.41, 5.74) is 0. The highest BCUT2D eigenvalue weighted by atomic mass is 16.3. The summed E-state index contributed by atoms with van der Waals surface area (Å²) >= 11 is 0. The summed E-state index contributed by atoms with van der Waals surface area (Å²) in [7, 11) is 0. The summed E-state index contributed by atoms with van der Waals surface area (Å²) < 4.78 is 0. The van der Waals surface area contributed by atoms with Crippen molar-refractivity contribution in [2.45, 2.75) is 270 Å². The van der Waals surface area contributed by atoms with Crippen molar-refractivity contribution in [1.82, 2.24) is 5.32 Å². The SMILES string of the molecule is CCCCCCC/C=C\C/C=C\CCCCCCCCCCCCCCCCCCCCCC(=O)NC(CO)C(O)/C=C/CC/C=C/CCCCCCCCC. The number of nitrogens with one attached hydrogen (secondary N) is 1. The zero-order chi connectivity index (χ0) is 40.7. The van der Waals surface area contributed by atoms with Gasteiger partial charge in [-0.3, -0.25) is 4.79 Å². The number of allylic oxidation sites excluding steroid dienone is 7. The molecule has 4 heteroatoms. The second kappa shape index (κ2) is 47.7. The molecule has 2 atom stereocenters. The number of unbranched alkanes of at least 4 members (excludes halogenated alkanes) is 32. The fourth-order valence-corrected chi connectivity index (χ4v) is 7.46. The predicted molar refractivity (Wildman–Crippen MR) is 248 cm³/mol. The molecular weight excluding hydrogens is 687 g/mol. The van der Waals surface area contributed by atoms with Crippen molar-refractivity contribution >= 4 is 5.91 Å². The Balaban J connectivity index is 3.47. The summed E-state index contributed by atoms with van der Waals surface area (Å²) in [6, 6.07) is -0.637. The fourth-order valence-electron chi connectivity index (χ4n) is 7.46. The Kier molecular flexibility index (Phi) is 46.3. The molecule has 2 unspecified atom stereocenters. The van der Waals surface area contributed by atoms with Crippen LogP contribution in [0.25, 0.3) is 0 Å². The molecule has 56 heavy (non-hydrogen) atoms. The molecular formula is C52H97NO3. The van der Waals surface area contributed by atoms with Gasteiger partial charge in [0.25, 0.3) is 0 Å². The highest BCUT2D eigenvalue weighted by molar-refractivity contribution is 5.76. The van der Waals surface area contributed by atoms with E-state index in [0.717, 1.165) is 38.5 Å². The van der Waals surface area contributed by atoms with Crippen LogP contribution in [0.1, 0.15) is 258 Å². The minimum Gasteiger partial charge on any atom is -0.394 e. The molecule has 0 saturated carbocycles. The third-order valence-electron chi connectivity index (χ3n) is 11.3. The summed E-state index contributed by atoms with van der Waals surface area (Å²) in [5, 5.41) is 23.0. The van der Waals surface area contributed by atoms with Crippen molar-refractivity contribution in [2.75, 3.05) is 6.61 Å². The second-order valence-corrected chi connectivity index (χ2v) is 16.9. The number of hydrogen-bond donors (Lipinski definition) is 3. The van der Waals surface area contributed by atoms with Gasteiger partial charge < -0.3 is 15.5 Å². The molecule has 0 aromatic rings. The molecule has 0 aliphatic carbocycles. The third kappa shape index (κ3) is 43.5. The molecule has 0 aliphatic rings. The Morgan fingerprint density at radius 2 is 0.750 bits per heavy atom. The highest BCUT2D eigenvalue weighted by Gasteiger charge is 2.17. The van der Waals surface area contributed by atoms with E-state index in [4.69, 9.17) is 0 Å². The lowest BCUT2D eigenvalue weighted by atomic mass is 10.0. The van der Waals surface area contributed by atoms with Crippen LogP contribution in [-0.2, 0) is 4.79 Å². The van der Waals surface area contributed by atoms with Crippen molar-refractivity contribution < 1.29 is 15.0 Å². The number of hydrogen-bond acceptors (Lipinski definition) is 3. The maximum absolute atomic E-state index is 12.4. The number of amides is 1. The Morgan fingerprint density at radius 1 is 0.429 bits per heavy atom. The maximum Gasteiger partial charge on any atom is 0.220 e. The van der Waals surface area contributed by atoms with Crippen molar-refractivity contribution in [3.8, 4) is 0 Å². The zero-order valence-electron chi connectivity index (χ0n) is 37.7. The highest BCUT2D eigenvalue weighted by Crippen LogP contribution is 2.16. The van der Waals surface area contributed by atoms with Gasteiger partial charge in [0.2, 0.25) is 5.91 Å². The van der Waals surface area contributed by atoms with Crippen LogP contribution >= 0.6 is 0 Å². The molecule has 0 rings (SSSR count). The van der Waals surface area contributed by atoms with E-state index in [0.29, 0.717) is 6.42 Å². The first-order valence-electron chi connectivity index (χ1n) is 24.9.